The van der Waals surface area contributed by atoms with Crippen molar-refractivity contribution in [1.82, 2.24) is 9.97 Å². The van der Waals surface area contributed by atoms with Gasteiger partial charge in [-0.2, -0.15) is 13.2 Å². The summed E-state index contributed by atoms with van der Waals surface area (Å²) in [6.45, 7) is 7.37. The van der Waals surface area contributed by atoms with E-state index in [0.717, 1.165) is 38.1 Å². The zero-order valence-electron chi connectivity index (χ0n) is 15.6. The molecule has 0 unspecified atom stereocenters. The Bertz CT molecular complexity index is 787. The lowest BCUT2D eigenvalue weighted by molar-refractivity contribution is -0.137. The van der Waals surface area contributed by atoms with Gasteiger partial charge < -0.3 is 10.2 Å². The highest BCUT2D eigenvalue weighted by Crippen LogP contribution is 2.30. The number of carbonyl (C=O) groups excluding carboxylic acids is 1. The second-order valence-electron chi connectivity index (χ2n) is 6.18. The zero-order chi connectivity index (χ0) is 20.0. The largest absolute Gasteiger partial charge is 0.416 e. The minimum Gasteiger partial charge on any atom is -0.357 e. The zero-order valence-corrected chi connectivity index (χ0v) is 15.6. The van der Waals surface area contributed by atoms with Crippen LogP contribution in [0.25, 0.3) is 0 Å². The van der Waals surface area contributed by atoms with E-state index < -0.39 is 17.6 Å². The lowest BCUT2D eigenvalue weighted by atomic mass is 10.2. The molecule has 1 N–H and O–H groups in total. The van der Waals surface area contributed by atoms with Crippen molar-refractivity contribution >= 4 is 17.4 Å². The Morgan fingerprint density at radius 2 is 1.78 bits per heavy atom. The van der Waals surface area contributed by atoms with Crippen LogP contribution in [-0.2, 0) is 6.18 Å². The van der Waals surface area contributed by atoms with Crippen molar-refractivity contribution in [2.45, 2.75) is 39.8 Å². The van der Waals surface area contributed by atoms with Gasteiger partial charge in [-0.3, -0.25) is 4.79 Å². The first kappa shape index (κ1) is 20.7. The van der Waals surface area contributed by atoms with Gasteiger partial charge in [-0.1, -0.05) is 19.9 Å². The minimum atomic E-state index is -4.47. The van der Waals surface area contributed by atoms with E-state index >= 15 is 0 Å². The third kappa shape index (κ3) is 5.67. The highest BCUT2D eigenvalue weighted by molar-refractivity contribution is 6.03. The van der Waals surface area contributed by atoms with Crippen molar-refractivity contribution in [2.75, 3.05) is 23.3 Å². The van der Waals surface area contributed by atoms with Gasteiger partial charge in [0, 0.05) is 24.8 Å². The molecular formula is C19H23F3N4O. The van der Waals surface area contributed by atoms with Crippen molar-refractivity contribution in [3.05, 3.63) is 47.4 Å². The molecule has 1 aromatic carbocycles. The molecule has 2 aromatic rings. The first-order chi connectivity index (χ1) is 12.7. The molecular weight excluding hydrogens is 357 g/mol. The van der Waals surface area contributed by atoms with Crippen LogP contribution in [0.3, 0.4) is 0 Å². The lowest BCUT2D eigenvalue weighted by Crippen LogP contribution is -2.27. The molecule has 8 heteroatoms. The van der Waals surface area contributed by atoms with Crippen LogP contribution in [0, 0.1) is 6.92 Å². The van der Waals surface area contributed by atoms with E-state index in [-0.39, 0.29) is 11.4 Å². The summed E-state index contributed by atoms with van der Waals surface area (Å²) >= 11 is 0. The molecule has 0 spiro atoms. The van der Waals surface area contributed by atoms with E-state index in [4.69, 9.17) is 0 Å². The van der Waals surface area contributed by atoms with Crippen molar-refractivity contribution in [2.24, 2.45) is 0 Å². The fraction of sp³-hybridized carbons (Fsp3) is 0.421. The van der Waals surface area contributed by atoms with Crippen molar-refractivity contribution in [3.63, 3.8) is 0 Å². The number of hydrogen-bond donors (Lipinski definition) is 1. The Morgan fingerprint density at radius 1 is 1.11 bits per heavy atom. The minimum absolute atomic E-state index is 0.0617. The van der Waals surface area contributed by atoms with Crippen LogP contribution in [-0.4, -0.2) is 29.0 Å². The number of alkyl halides is 3. The number of hydrogen-bond acceptors (Lipinski definition) is 4. The third-order valence-electron chi connectivity index (χ3n) is 3.82. The highest BCUT2D eigenvalue weighted by atomic mass is 19.4. The summed E-state index contributed by atoms with van der Waals surface area (Å²) < 4.78 is 38.5. The Labute approximate surface area is 156 Å². The number of nitrogens with zero attached hydrogens (tertiary/aromatic N) is 3. The van der Waals surface area contributed by atoms with Crippen LogP contribution in [0.1, 0.15) is 48.6 Å². The van der Waals surface area contributed by atoms with Gasteiger partial charge in [0.1, 0.15) is 17.3 Å². The summed E-state index contributed by atoms with van der Waals surface area (Å²) in [5, 5.41) is 2.48. The van der Waals surface area contributed by atoms with E-state index in [1.54, 1.807) is 13.0 Å². The molecule has 0 radical (unpaired) electrons. The molecule has 0 saturated heterocycles. The van der Waals surface area contributed by atoms with Gasteiger partial charge in [0.15, 0.2) is 0 Å². The van der Waals surface area contributed by atoms with Crippen LogP contribution in [0.2, 0.25) is 0 Å². The van der Waals surface area contributed by atoms with E-state index in [1.807, 2.05) is 0 Å². The monoisotopic (exact) mass is 380 g/mol. The summed E-state index contributed by atoms with van der Waals surface area (Å²) in [7, 11) is 0. The number of amides is 1. The standard InChI is InChI=1S/C19H23F3N4O/c1-4-9-26(10-5-2)17-12-16(23-13(3)24-17)18(27)25-15-8-6-7-14(11-15)19(20,21)22/h6-8,11-12H,4-5,9-10H2,1-3H3,(H,25,27). The fourth-order valence-corrected chi connectivity index (χ4v) is 2.68. The van der Waals surface area contributed by atoms with Crippen molar-refractivity contribution in [3.8, 4) is 0 Å². The fourth-order valence-electron chi connectivity index (χ4n) is 2.68. The average Bonchev–Trinajstić information content (AvgIpc) is 2.60. The number of halogens is 3. The molecule has 0 saturated carbocycles. The highest BCUT2D eigenvalue weighted by Gasteiger charge is 2.30. The molecule has 0 bridgehead atoms. The average molecular weight is 380 g/mol. The molecule has 0 aliphatic rings. The van der Waals surface area contributed by atoms with Gasteiger partial charge in [0.25, 0.3) is 5.91 Å². The second kappa shape index (κ2) is 8.83. The second-order valence-corrected chi connectivity index (χ2v) is 6.18. The summed E-state index contributed by atoms with van der Waals surface area (Å²) in [5.74, 6) is 0.494. The SMILES string of the molecule is CCCN(CCC)c1cc(C(=O)Nc2cccc(C(F)(F)F)c2)nc(C)n1. The predicted octanol–water partition coefficient (Wildman–Crippen LogP) is 4.68. The Balaban J connectivity index is 2.26. The lowest BCUT2D eigenvalue weighted by Gasteiger charge is -2.23. The third-order valence-corrected chi connectivity index (χ3v) is 3.82. The number of rotatable bonds is 7. The molecule has 0 aliphatic carbocycles. The van der Waals surface area contributed by atoms with E-state index in [0.29, 0.717) is 11.6 Å². The van der Waals surface area contributed by atoms with Crippen LogP contribution < -0.4 is 10.2 Å². The quantitative estimate of drug-likeness (QED) is 0.758. The maximum Gasteiger partial charge on any atom is 0.416 e. The number of aryl methyl sites for hydroxylation is 1. The van der Waals surface area contributed by atoms with Crippen LogP contribution in [0.15, 0.2) is 30.3 Å². The van der Waals surface area contributed by atoms with Gasteiger partial charge in [-0.15, -0.1) is 0 Å². The van der Waals surface area contributed by atoms with Crippen LogP contribution in [0.4, 0.5) is 24.7 Å². The van der Waals surface area contributed by atoms with E-state index in [2.05, 4.69) is 34.0 Å². The predicted molar refractivity (Wildman–Crippen MR) is 99.0 cm³/mol. The molecule has 1 aromatic heterocycles. The first-order valence-corrected chi connectivity index (χ1v) is 8.83. The van der Waals surface area contributed by atoms with Crippen molar-refractivity contribution < 1.29 is 18.0 Å². The van der Waals surface area contributed by atoms with Crippen LogP contribution >= 0.6 is 0 Å². The Hall–Kier alpha value is -2.64. The topological polar surface area (TPSA) is 58.1 Å². The number of anilines is 2. The van der Waals surface area contributed by atoms with Crippen molar-refractivity contribution in [1.29, 1.82) is 0 Å². The Morgan fingerprint density at radius 3 is 2.37 bits per heavy atom. The van der Waals surface area contributed by atoms with E-state index in [9.17, 15) is 18.0 Å². The molecule has 0 aliphatic heterocycles. The molecule has 0 fully saturated rings. The summed E-state index contributed by atoms with van der Waals surface area (Å²) in [6.07, 6.45) is -2.62. The number of nitrogens with one attached hydrogen (secondary N) is 1. The first-order valence-electron chi connectivity index (χ1n) is 8.83. The summed E-state index contributed by atoms with van der Waals surface area (Å²) in [4.78, 5) is 23.1. The molecule has 2 rings (SSSR count). The molecule has 27 heavy (non-hydrogen) atoms. The smallest absolute Gasteiger partial charge is 0.357 e. The molecule has 0 atom stereocenters. The van der Waals surface area contributed by atoms with E-state index in [1.165, 1.54) is 12.1 Å². The van der Waals surface area contributed by atoms with Gasteiger partial charge in [-0.25, -0.2) is 9.97 Å². The number of benzene rings is 1. The van der Waals surface area contributed by atoms with Gasteiger partial charge in [-0.05, 0) is 38.0 Å². The van der Waals surface area contributed by atoms with Gasteiger partial charge >= 0.3 is 6.18 Å². The van der Waals surface area contributed by atoms with Gasteiger partial charge in [0.2, 0.25) is 0 Å². The molecule has 1 heterocycles. The number of carbonyl (C=O) groups is 1. The molecule has 146 valence electrons. The molecule has 5 nitrogen and oxygen atoms in total. The molecule has 1 amide bonds. The van der Waals surface area contributed by atoms with Crippen LogP contribution in [0.5, 0.6) is 0 Å². The summed E-state index contributed by atoms with van der Waals surface area (Å²) in [5.41, 5.74) is -0.643. The normalized spacial score (nSPS) is 11.3. The maximum absolute atomic E-state index is 12.8. The number of aromatic nitrogens is 2. The maximum atomic E-state index is 12.8. The Kier molecular flexibility index (Phi) is 6.76. The van der Waals surface area contributed by atoms with Gasteiger partial charge in [0.05, 0.1) is 5.56 Å². The summed E-state index contributed by atoms with van der Waals surface area (Å²) in [6, 6.07) is 6.08.